The summed E-state index contributed by atoms with van der Waals surface area (Å²) in [5, 5.41) is 1.14. The number of fused-ring (bicyclic) bond motifs is 1. The highest BCUT2D eigenvalue weighted by atomic mass is 16.1. The van der Waals surface area contributed by atoms with Crippen LogP contribution in [0.3, 0.4) is 0 Å². The van der Waals surface area contributed by atoms with Crippen LogP contribution in [-0.2, 0) is 4.79 Å². The third-order valence-electron chi connectivity index (χ3n) is 2.77. The minimum Gasteiger partial charge on any atom is -0.361 e. The van der Waals surface area contributed by atoms with Crippen molar-refractivity contribution >= 4 is 22.8 Å². The molecule has 0 aliphatic heterocycles. The lowest BCUT2D eigenvalue weighted by Crippen LogP contribution is -2.17. The fourth-order valence-corrected chi connectivity index (χ4v) is 1.65. The van der Waals surface area contributed by atoms with Crippen molar-refractivity contribution in [2.75, 3.05) is 0 Å². The Morgan fingerprint density at radius 1 is 1.24 bits per heavy atom. The van der Waals surface area contributed by atoms with Crippen molar-refractivity contribution in [2.24, 2.45) is 5.41 Å². The molecule has 2 aromatic rings. The molecule has 0 atom stereocenters. The summed E-state index contributed by atoms with van der Waals surface area (Å²) in [6, 6.07) is 8.07. The molecule has 0 aliphatic rings. The van der Waals surface area contributed by atoms with E-state index < -0.39 is 0 Å². The van der Waals surface area contributed by atoms with Crippen LogP contribution in [0.2, 0.25) is 0 Å². The van der Waals surface area contributed by atoms with Crippen LogP contribution in [0.5, 0.6) is 0 Å². The van der Waals surface area contributed by atoms with Crippen molar-refractivity contribution in [3.05, 3.63) is 42.1 Å². The molecule has 2 rings (SSSR count). The molecule has 0 saturated carbocycles. The summed E-state index contributed by atoms with van der Waals surface area (Å²) in [5.74, 6) is 0.141. The highest BCUT2D eigenvalue weighted by molar-refractivity contribution is 5.99. The lowest BCUT2D eigenvalue weighted by atomic mass is 9.90. The Kier molecular flexibility index (Phi) is 2.88. The third-order valence-corrected chi connectivity index (χ3v) is 2.77. The zero-order chi connectivity index (χ0) is 12.5. The summed E-state index contributed by atoms with van der Waals surface area (Å²) >= 11 is 0. The Morgan fingerprint density at radius 3 is 2.65 bits per heavy atom. The Hall–Kier alpha value is -1.83. The molecule has 0 unspecified atom stereocenters. The van der Waals surface area contributed by atoms with Crippen LogP contribution in [0.25, 0.3) is 17.0 Å². The summed E-state index contributed by atoms with van der Waals surface area (Å²) in [6.07, 6.45) is 5.47. The molecule has 1 N–H and O–H groups in total. The molecule has 0 aliphatic carbocycles. The van der Waals surface area contributed by atoms with Crippen molar-refractivity contribution < 1.29 is 4.79 Å². The van der Waals surface area contributed by atoms with Crippen molar-refractivity contribution in [2.45, 2.75) is 20.8 Å². The number of aromatic amines is 1. The fourth-order valence-electron chi connectivity index (χ4n) is 1.65. The summed E-state index contributed by atoms with van der Waals surface area (Å²) in [5.41, 5.74) is 1.83. The molecule has 2 nitrogen and oxygen atoms in total. The number of benzene rings is 1. The molecule has 2 heteroatoms. The van der Waals surface area contributed by atoms with Gasteiger partial charge in [0.1, 0.15) is 0 Å². The van der Waals surface area contributed by atoms with Crippen LogP contribution in [0.4, 0.5) is 0 Å². The molecule has 0 radical (unpaired) electrons. The van der Waals surface area contributed by atoms with E-state index in [1.807, 2.05) is 57.3 Å². The smallest absolute Gasteiger partial charge is 0.161 e. The first-order valence-corrected chi connectivity index (χ1v) is 5.77. The molecule has 1 heterocycles. The van der Waals surface area contributed by atoms with Gasteiger partial charge in [-0.3, -0.25) is 4.79 Å². The number of carbonyl (C=O) groups excluding carboxylic acids is 1. The largest absolute Gasteiger partial charge is 0.361 e. The van der Waals surface area contributed by atoms with Crippen LogP contribution in [0.15, 0.2) is 36.5 Å². The second-order valence-electron chi connectivity index (χ2n) is 5.24. The molecule has 0 fully saturated rings. The number of hydrogen-bond donors (Lipinski definition) is 1. The SMILES string of the molecule is CC(C)(C)C(=O)/C=C/c1c[nH]c2ccccc12. The van der Waals surface area contributed by atoms with Gasteiger partial charge in [-0.25, -0.2) is 0 Å². The fraction of sp³-hybridized carbons (Fsp3) is 0.267. The normalized spacial score (nSPS) is 12.4. The average molecular weight is 227 g/mol. The number of ketones is 1. The Morgan fingerprint density at radius 2 is 1.94 bits per heavy atom. The first-order chi connectivity index (χ1) is 7.98. The van der Waals surface area contributed by atoms with Gasteiger partial charge in [0.15, 0.2) is 5.78 Å². The van der Waals surface area contributed by atoms with E-state index in [1.165, 1.54) is 0 Å². The van der Waals surface area contributed by atoms with Gasteiger partial charge in [0.05, 0.1) is 0 Å². The lowest BCUT2D eigenvalue weighted by Gasteiger charge is -2.12. The van der Waals surface area contributed by atoms with E-state index in [0.29, 0.717) is 0 Å². The molecule has 1 aromatic heterocycles. The number of para-hydroxylation sites is 1. The van der Waals surface area contributed by atoms with Crippen LogP contribution in [0.1, 0.15) is 26.3 Å². The van der Waals surface area contributed by atoms with Gasteiger partial charge in [0.25, 0.3) is 0 Å². The molecule has 0 saturated heterocycles. The van der Waals surface area contributed by atoms with Gasteiger partial charge in [0.2, 0.25) is 0 Å². The minimum absolute atomic E-state index is 0.141. The Balaban J connectivity index is 2.31. The highest BCUT2D eigenvalue weighted by Crippen LogP contribution is 2.20. The lowest BCUT2D eigenvalue weighted by molar-refractivity contribution is -0.121. The van der Waals surface area contributed by atoms with Crippen molar-refractivity contribution in [3.8, 4) is 0 Å². The number of nitrogens with one attached hydrogen (secondary N) is 1. The standard InChI is InChI=1S/C15H17NO/c1-15(2,3)14(17)9-8-11-10-16-13-7-5-4-6-12(11)13/h4-10,16H,1-3H3/b9-8+. The van der Waals surface area contributed by atoms with Crippen molar-refractivity contribution in [3.63, 3.8) is 0 Å². The molecule has 0 amide bonds. The Labute approximate surface area is 101 Å². The van der Waals surface area contributed by atoms with E-state index in [2.05, 4.69) is 4.98 Å². The van der Waals surface area contributed by atoms with E-state index in [4.69, 9.17) is 0 Å². The first kappa shape index (κ1) is 11.6. The van der Waals surface area contributed by atoms with Gasteiger partial charge >= 0.3 is 0 Å². The van der Waals surface area contributed by atoms with Crippen LogP contribution < -0.4 is 0 Å². The van der Waals surface area contributed by atoms with E-state index in [9.17, 15) is 4.79 Å². The predicted octanol–water partition coefficient (Wildman–Crippen LogP) is 3.80. The maximum absolute atomic E-state index is 11.8. The van der Waals surface area contributed by atoms with Gasteiger partial charge in [-0.15, -0.1) is 0 Å². The molecular formula is C15H17NO. The predicted molar refractivity (Wildman–Crippen MR) is 71.8 cm³/mol. The third kappa shape index (κ3) is 2.47. The molecule has 1 aromatic carbocycles. The van der Waals surface area contributed by atoms with Gasteiger partial charge in [-0.05, 0) is 23.8 Å². The summed E-state index contributed by atoms with van der Waals surface area (Å²) < 4.78 is 0. The number of allylic oxidation sites excluding steroid dienone is 1. The summed E-state index contributed by atoms with van der Waals surface area (Å²) in [7, 11) is 0. The van der Waals surface area contributed by atoms with Gasteiger partial charge < -0.3 is 4.98 Å². The molecule has 88 valence electrons. The van der Waals surface area contributed by atoms with Gasteiger partial charge in [-0.1, -0.05) is 39.0 Å². The second-order valence-corrected chi connectivity index (χ2v) is 5.24. The topological polar surface area (TPSA) is 32.9 Å². The second kappa shape index (κ2) is 4.21. The first-order valence-electron chi connectivity index (χ1n) is 5.77. The highest BCUT2D eigenvalue weighted by Gasteiger charge is 2.17. The van der Waals surface area contributed by atoms with E-state index in [-0.39, 0.29) is 11.2 Å². The zero-order valence-corrected chi connectivity index (χ0v) is 10.4. The average Bonchev–Trinajstić information content (AvgIpc) is 2.68. The molecular weight excluding hydrogens is 210 g/mol. The number of hydrogen-bond acceptors (Lipinski definition) is 1. The van der Waals surface area contributed by atoms with Crippen LogP contribution in [-0.4, -0.2) is 10.8 Å². The van der Waals surface area contributed by atoms with Crippen LogP contribution >= 0.6 is 0 Å². The monoisotopic (exact) mass is 227 g/mol. The van der Waals surface area contributed by atoms with E-state index >= 15 is 0 Å². The van der Waals surface area contributed by atoms with Crippen molar-refractivity contribution in [1.82, 2.24) is 4.98 Å². The number of H-pyrrole nitrogens is 1. The number of aromatic nitrogens is 1. The van der Waals surface area contributed by atoms with E-state index in [0.717, 1.165) is 16.5 Å². The van der Waals surface area contributed by atoms with Gasteiger partial charge in [0, 0.05) is 22.5 Å². The zero-order valence-electron chi connectivity index (χ0n) is 10.4. The quantitative estimate of drug-likeness (QED) is 0.778. The van der Waals surface area contributed by atoms with E-state index in [1.54, 1.807) is 6.08 Å². The van der Waals surface area contributed by atoms with Gasteiger partial charge in [-0.2, -0.15) is 0 Å². The molecule has 0 spiro atoms. The molecule has 17 heavy (non-hydrogen) atoms. The maximum atomic E-state index is 11.8. The van der Waals surface area contributed by atoms with Crippen molar-refractivity contribution in [1.29, 1.82) is 0 Å². The maximum Gasteiger partial charge on any atom is 0.161 e. The molecule has 0 bridgehead atoms. The Bertz CT molecular complexity index is 570. The minimum atomic E-state index is -0.317. The van der Waals surface area contributed by atoms with Crippen LogP contribution in [0, 0.1) is 5.41 Å². The summed E-state index contributed by atoms with van der Waals surface area (Å²) in [4.78, 5) is 15.0. The number of rotatable bonds is 2. The number of carbonyl (C=O) groups is 1. The summed E-state index contributed by atoms with van der Waals surface area (Å²) in [6.45, 7) is 5.78.